The average Bonchev–Trinajstić information content (AvgIpc) is 2.78. The topological polar surface area (TPSA) is 42.1 Å². The first-order valence-electron chi connectivity index (χ1n) is 7.97. The van der Waals surface area contributed by atoms with Crippen LogP contribution in [0.15, 0.2) is 24.4 Å². The lowest BCUT2D eigenvalue weighted by Gasteiger charge is -2.12. The predicted octanol–water partition coefficient (Wildman–Crippen LogP) is 4.72. The minimum atomic E-state index is 0.248. The van der Waals surface area contributed by atoms with Crippen LogP contribution >= 0.6 is 0 Å². The van der Waals surface area contributed by atoms with Crippen LogP contribution in [0, 0.1) is 5.92 Å². The minimum Gasteiger partial charge on any atom is -0.496 e. The van der Waals surface area contributed by atoms with Gasteiger partial charge < -0.3 is 9.72 Å². The maximum absolute atomic E-state index is 12.7. The zero-order valence-electron chi connectivity index (χ0n) is 12.7. The molecule has 0 spiro atoms. The van der Waals surface area contributed by atoms with E-state index in [2.05, 4.69) is 4.98 Å². The Bertz CT molecular complexity index is 621. The molecule has 1 N–H and O–H groups in total. The molecule has 0 aliphatic heterocycles. The van der Waals surface area contributed by atoms with E-state index in [0.29, 0.717) is 12.3 Å². The summed E-state index contributed by atoms with van der Waals surface area (Å²) in [4.78, 5) is 15.9. The second kappa shape index (κ2) is 6.33. The van der Waals surface area contributed by atoms with Crippen LogP contribution in [-0.2, 0) is 0 Å². The maximum atomic E-state index is 12.7. The highest BCUT2D eigenvalue weighted by Gasteiger charge is 2.20. The fourth-order valence-corrected chi connectivity index (χ4v) is 3.48. The number of carbonyl (C=O) groups is 1. The quantitative estimate of drug-likeness (QED) is 0.652. The molecule has 1 aromatic heterocycles. The van der Waals surface area contributed by atoms with Gasteiger partial charge in [-0.2, -0.15) is 0 Å². The summed E-state index contributed by atoms with van der Waals surface area (Å²) >= 11 is 0. The third-order valence-corrected chi connectivity index (χ3v) is 4.64. The van der Waals surface area contributed by atoms with Crippen molar-refractivity contribution >= 4 is 16.7 Å². The lowest BCUT2D eigenvalue weighted by molar-refractivity contribution is 0.0958. The summed E-state index contributed by atoms with van der Waals surface area (Å²) in [5.74, 6) is 1.58. The monoisotopic (exact) mass is 285 g/mol. The van der Waals surface area contributed by atoms with E-state index >= 15 is 0 Å². The number of benzene rings is 1. The molecule has 21 heavy (non-hydrogen) atoms. The van der Waals surface area contributed by atoms with Crippen molar-refractivity contribution in [3.05, 3.63) is 30.0 Å². The number of Topliss-reactive ketones (excluding diaryl/α,β-unsaturated/α-hetero) is 1. The number of methoxy groups -OCH3 is 1. The first kappa shape index (κ1) is 14.2. The third-order valence-electron chi connectivity index (χ3n) is 4.64. The molecule has 1 heterocycles. The largest absolute Gasteiger partial charge is 0.496 e. The Kier molecular flexibility index (Phi) is 4.28. The molecule has 0 unspecified atom stereocenters. The number of hydrogen-bond acceptors (Lipinski definition) is 2. The van der Waals surface area contributed by atoms with E-state index in [1.54, 1.807) is 7.11 Å². The summed E-state index contributed by atoms with van der Waals surface area (Å²) < 4.78 is 5.41. The number of rotatable bonds is 4. The standard InChI is InChI=1S/C18H23NO2/c1-21-17-10-6-9-15-18(17)14(12-19-15)16(20)11-13-7-4-2-3-5-8-13/h6,9-10,12-13,19H,2-5,7-8,11H2,1H3. The number of hydrogen-bond donors (Lipinski definition) is 1. The van der Waals surface area contributed by atoms with Gasteiger partial charge in [0.05, 0.1) is 12.5 Å². The highest BCUT2D eigenvalue weighted by atomic mass is 16.5. The molecule has 1 aliphatic rings. The number of carbonyl (C=O) groups excluding carboxylic acids is 1. The second-order valence-electron chi connectivity index (χ2n) is 6.07. The Morgan fingerprint density at radius 2 is 2.00 bits per heavy atom. The molecule has 0 saturated heterocycles. The van der Waals surface area contributed by atoms with Gasteiger partial charge in [-0.1, -0.05) is 44.6 Å². The molecular formula is C18H23NO2. The molecule has 2 aromatic rings. The number of ketones is 1. The Morgan fingerprint density at radius 3 is 2.71 bits per heavy atom. The Morgan fingerprint density at radius 1 is 1.24 bits per heavy atom. The second-order valence-corrected chi connectivity index (χ2v) is 6.07. The zero-order valence-corrected chi connectivity index (χ0v) is 12.7. The molecule has 3 heteroatoms. The van der Waals surface area contributed by atoms with Crippen LogP contribution in [0.3, 0.4) is 0 Å². The van der Waals surface area contributed by atoms with Crippen molar-refractivity contribution in [2.24, 2.45) is 5.92 Å². The fraction of sp³-hybridized carbons (Fsp3) is 0.500. The summed E-state index contributed by atoms with van der Waals surface area (Å²) in [6, 6.07) is 5.84. The van der Waals surface area contributed by atoms with E-state index in [-0.39, 0.29) is 5.78 Å². The third kappa shape index (κ3) is 2.97. The Hall–Kier alpha value is -1.77. The van der Waals surface area contributed by atoms with E-state index < -0.39 is 0 Å². The molecule has 1 saturated carbocycles. The SMILES string of the molecule is COc1cccc2[nH]cc(C(=O)CC3CCCCCC3)c12. The molecule has 3 rings (SSSR count). The van der Waals surface area contributed by atoms with Gasteiger partial charge in [0.15, 0.2) is 5.78 Å². The summed E-state index contributed by atoms with van der Waals surface area (Å²) in [6.45, 7) is 0. The van der Waals surface area contributed by atoms with Gasteiger partial charge in [0.25, 0.3) is 0 Å². The van der Waals surface area contributed by atoms with Crippen molar-refractivity contribution in [1.82, 2.24) is 4.98 Å². The maximum Gasteiger partial charge on any atom is 0.165 e. The van der Waals surface area contributed by atoms with E-state index in [0.717, 1.165) is 22.2 Å². The summed E-state index contributed by atoms with van der Waals surface area (Å²) in [5, 5.41) is 0.929. The first-order chi connectivity index (χ1) is 10.3. The average molecular weight is 285 g/mol. The summed E-state index contributed by atoms with van der Waals surface area (Å²) in [6.07, 6.45) is 10.1. The lowest BCUT2D eigenvalue weighted by atomic mass is 9.92. The van der Waals surface area contributed by atoms with Crippen LogP contribution in [0.5, 0.6) is 5.75 Å². The highest BCUT2D eigenvalue weighted by molar-refractivity contribution is 6.10. The van der Waals surface area contributed by atoms with Gasteiger partial charge in [-0.15, -0.1) is 0 Å². The van der Waals surface area contributed by atoms with Gasteiger partial charge in [0, 0.05) is 23.7 Å². The number of aromatic nitrogens is 1. The first-order valence-corrected chi connectivity index (χ1v) is 7.97. The number of aromatic amines is 1. The molecule has 3 nitrogen and oxygen atoms in total. The Balaban J connectivity index is 1.84. The molecule has 0 amide bonds. The molecule has 1 aromatic carbocycles. The van der Waals surface area contributed by atoms with E-state index in [1.165, 1.54) is 38.5 Å². The van der Waals surface area contributed by atoms with Crippen molar-refractivity contribution < 1.29 is 9.53 Å². The van der Waals surface area contributed by atoms with E-state index in [1.807, 2.05) is 24.4 Å². The van der Waals surface area contributed by atoms with Crippen molar-refractivity contribution in [1.29, 1.82) is 0 Å². The van der Waals surface area contributed by atoms with Crippen LogP contribution in [0.2, 0.25) is 0 Å². The van der Waals surface area contributed by atoms with Gasteiger partial charge >= 0.3 is 0 Å². The van der Waals surface area contributed by atoms with Crippen LogP contribution in [0.1, 0.15) is 55.3 Å². The lowest BCUT2D eigenvalue weighted by Crippen LogP contribution is -2.08. The van der Waals surface area contributed by atoms with Gasteiger partial charge in [-0.25, -0.2) is 0 Å². The summed E-state index contributed by atoms with van der Waals surface area (Å²) in [5.41, 5.74) is 1.75. The number of fused-ring (bicyclic) bond motifs is 1. The molecular weight excluding hydrogens is 262 g/mol. The summed E-state index contributed by atoms with van der Waals surface area (Å²) in [7, 11) is 1.65. The van der Waals surface area contributed by atoms with E-state index in [4.69, 9.17) is 4.74 Å². The molecule has 1 fully saturated rings. The van der Waals surface area contributed by atoms with Crippen molar-refractivity contribution in [2.75, 3.05) is 7.11 Å². The normalized spacial score (nSPS) is 16.8. The van der Waals surface area contributed by atoms with Crippen LogP contribution in [0.4, 0.5) is 0 Å². The molecule has 112 valence electrons. The van der Waals surface area contributed by atoms with Gasteiger partial charge in [-0.3, -0.25) is 4.79 Å². The molecule has 0 atom stereocenters. The number of H-pyrrole nitrogens is 1. The van der Waals surface area contributed by atoms with Gasteiger partial charge in [0.2, 0.25) is 0 Å². The fourth-order valence-electron chi connectivity index (χ4n) is 3.48. The van der Waals surface area contributed by atoms with Crippen LogP contribution in [0.25, 0.3) is 10.9 Å². The van der Waals surface area contributed by atoms with Gasteiger partial charge in [0.1, 0.15) is 5.75 Å². The van der Waals surface area contributed by atoms with Crippen LogP contribution < -0.4 is 4.74 Å². The zero-order chi connectivity index (χ0) is 14.7. The van der Waals surface area contributed by atoms with Gasteiger partial charge in [-0.05, 0) is 18.1 Å². The molecule has 1 aliphatic carbocycles. The Labute approximate surface area is 125 Å². The number of nitrogens with one attached hydrogen (secondary N) is 1. The van der Waals surface area contributed by atoms with Crippen molar-refractivity contribution in [3.8, 4) is 5.75 Å². The molecule has 0 radical (unpaired) electrons. The highest BCUT2D eigenvalue weighted by Crippen LogP contribution is 2.32. The molecule has 0 bridgehead atoms. The van der Waals surface area contributed by atoms with Crippen LogP contribution in [-0.4, -0.2) is 17.9 Å². The minimum absolute atomic E-state index is 0.248. The van der Waals surface area contributed by atoms with Crippen molar-refractivity contribution in [2.45, 2.75) is 44.9 Å². The van der Waals surface area contributed by atoms with Crippen molar-refractivity contribution in [3.63, 3.8) is 0 Å². The smallest absolute Gasteiger partial charge is 0.165 e. The predicted molar refractivity (Wildman–Crippen MR) is 85.0 cm³/mol. The number of ether oxygens (including phenoxy) is 1. The van der Waals surface area contributed by atoms with E-state index in [9.17, 15) is 4.79 Å².